The maximum Gasteiger partial charge on any atom is 0.262 e. The molecule has 33 heavy (non-hydrogen) atoms. The van der Waals surface area contributed by atoms with Crippen LogP contribution < -0.4 is 15.0 Å². The zero-order valence-electron chi connectivity index (χ0n) is 17.5. The maximum absolute atomic E-state index is 12.8. The molecule has 0 bridgehead atoms. The van der Waals surface area contributed by atoms with E-state index in [0.29, 0.717) is 26.7 Å². The number of halogens is 3. The van der Waals surface area contributed by atoms with Crippen LogP contribution in [0.25, 0.3) is 0 Å². The molecule has 0 unspecified atom stereocenters. The van der Waals surface area contributed by atoms with Gasteiger partial charge in [-0.1, -0.05) is 39.7 Å². The van der Waals surface area contributed by atoms with Crippen LogP contribution >= 0.6 is 55.2 Å². The summed E-state index contributed by atoms with van der Waals surface area (Å²) in [6.07, 6.45) is 0. The highest BCUT2D eigenvalue weighted by Crippen LogP contribution is 2.48. The van der Waals surface area contributed by atoms with Crippen molar-refractivity contribution < 1.29 is 14.3 Å². The summed E-state index contributed by atoms with van der Waals surface area (Å²) in [5.41, 5.74) is 3.30. The molecule has 5 nitrogen and oxygen atoms in total. The fourth-order valence-electron chi connectivity index (χ4n) is 3.51. The standard InChI is InChI=1S/C24H19Br2ClN2O3S/c1-14-3-2-4-17(9-14)28-21(30)12-32-23-19(10-15(25)11-20(23)26)24-29(22(31)13-33-24)18-7-5-16(27)6-8-18/h2-11,24H,12-13H2,1H3,(H,28,30)/t24-/m0/s1. The summed E-state index contributed by atoms with van der Waals surface area (Å²) in [7, 11) is 0. The van der Waals surface area contributed by atoms with Crippen LogP contribution in [-0.4, -0.2) is 24.2 Å². The van der Waals surface area contributed by atoms with Crippen molar-refractivity contribution in [2.75, 3.05) is 22.6 Å². The number of thioether (sulfide) groups is 1. The van der Waals surface area contributed by atoms with Gasteiger partial charge in [-0.25, -0.2) is 0 Å². The van der Waals surface area contributed by atoms with Gasteiger partial charge in [-0.05, 0) is 76.9 Å². The van der Waals surface area contributed by atoms with Gasteiger partial charge in [-0.3, -0.25) is 14.5 Å². The Hall–Kier alpha value is -2.00. The van der Waals surface area contributed by atoms with Crippen molar-refractivity contribution in [2.45, 2.75) is 12.3 Å². The Labute approximate surface area is 218 Å². The highest BCUT2D eigenvalue weighted by Gasteiger charge is 2.36. The Balaban J connectivity index is 1.59. The van der Waals surface area contributed by atoms with Crippen LogP contribution in [0.5, 0.6) is 5.75 Å². The van der Waals surface area contributed by atoms with Gasteiger partial charge in [0, 0.05) is 26.4 Å². The lowest BCUT2D eigenvalue weighted by Crippen LogP contribution is -2.28. The van der Waals surface area contributed by atoms with Gasteiger partial charge in [0.2, 0.25) is 5.91 Å². The summed E-state index contributed by atoms with van der Waals surface area (Å²) >= 11 is 14.6. The highest BCUT2D eigenvalue weighted by molar-refractivity contribution is 9.11. The van der Waals surface area contributed by atoms with Gasteiger partial charge in [0.25, 0.3) is 5.91 Å². The Morgan fingerprint density at radius 2 is 1.94 bits per heavy atom. The number of carbonyl (C=O) groups excluding carboxylic acids is 2. The fourth-order valence-corrected chi connectivity index (χ4v) is 6.19. The van der Waals surface area contributed by atoms with Gasteiger partial charge < -0.3 is 10.1 Å². The molecule has 9 heteroatoms. The van der Waals surface area contributed by atoms with E-state index in [1.807, 2.05) is 55.5 Å². The number of nitrogens with zero attached hydrogens (tertiary/aromatic N) is 1. The van der Waals surface area contributed by atoms with Crippen LogP contribution in [0.2, 0.25) is 5.02 Å². The number of hydrogen-bond donors (Lipinski definition) is 1. The Bertz CT molecular complexity index is 1210. The van der Waals surface area contributed by atoms with Gasteiger partial charge in [-0.2, -0.15) is 0 Å². The van der Waals surface area contributed by atoms with Gasteiger partial charge in [0.05, 0.1) is 10.2 Å². The molecule has 0 saturated carbocycles. The zero-order chi connectivity index (χ0) is 23.5. The van der Waals surface area contributed by atoms with E-state index in [-0.39, 0.29) is 23.8 Å². The fraction of sp³-hybridized carbons (Fsp3) is 0.167. The first-order valence-electron chi connectivity index (χ1n) is 9.99. The lowest BCUT2D eigenvalue weighted by atomic mass is 10.1. The third-order valence-corrected chi connectivity index (χ3v) is 7.42. The molecule has 170 valence electrons. The normalized spacial score (nSPS) is 15.6. The summed E-state index contributed by atoms with van der Waals surface area (Å²) in [4.78, 5) is 27.0. The minimum atomic E-state index is -0.317. The molecule has 0 radical (unpaired) electrons. The van der Waals surface area contributed by atoms with Gasteiger partial charge >= 0.3 is 0 Å². The Morgan fingerprint density at radius 3 is 2.67 bits per heavy atom. The summed E-state index contributed by atoms with van der Waals surface area (Å²) in [6.45, 7) is 1.79. The van der Waals surface area contributed by atoms with E-state index in [2.05, 4.69) is 37.2 Å². The Kier molecular flexibility index (Phi) is 7.69. The number of amides is 2. The van der Waals surface area contributed by atoms with Crippen molar-refractivity contribution in [1.29, 1.82) is 0 Å². The number of benzene rings is 3. The lowest BCUT2D eigenvalue weighted by molar-refractivity contribution is -0.118. The topological polar surface area (TPSA) is 58.6 Å². The van der Waals surface area contributed by atoms with Crippen LogP contribution in [0.3, 0.4) is 0 Å². The van der Waals surface area contributed by atoms with Crippen LogP contribution in [-0.2, 0) is 9.59 Å². The van der Waals surface area contributed by atoms with E-state index in [1.54, 1.807) is 17.0 Å². The van der Waals surface area contributed by atoms with Crippen molar-refractivity contribution in [2.24, 2.45) is 0 Å². The van der Waals surface area contributed by atoms with Gasteiger partial charge in [0.15, 0.2) is 6.61 Å². The molecule has 0 aromatic heterocycles. The molecule has 1 N–H and O–H groups in total. The SMILES string of the molecule is Cc1cccc(NC(=O)COc2c(Br)cc(Br)cc2[C@@H]2SCC(=O)N2c2ccc(Cl)cc2)c1. The van der Waals surface area contributed by atoms with Crippen LogP contribution in [0.4, 0.5) is 11.4 Å². The molecule has 1 aliphatic heterocycles. The first-order chi connectivity index (χ1) is 15.8. The van der Waals surface area contributed by atoms with Crippen molar-refractivity contribution in [1.82, 2.24) is 0 Å². The van der Waals surface area contributed by atoms with E-state index in [9.17, 15) is 9.59 Å². The maximum atomic E-state index is 12.8. The van der Waals surface area contributed by atoms with Crippen molar-refractivity contribution in [3.05, 3.63) is 85.8 Å². The molecule has 0 spiro atoms. The smallest absolute Gasteiger partial charge is 0.262 e. The molecule has 3 aromatic rings. The molecule has 1 aliphatic rings. The first kappa shape index (κ1) is 24.1. The van der Waals surface area contributed by atoms with Gasteiger partial charge in [-0.15, -0.1) is 11.8 Å². The van der Waals surface area contributed by atoms with Crippen LogP contribution in [0.1, 0.15) is 16.5 Å². The number of carbonyl (C=O) groups is 2. The highest BCUT2D eigenvalue weighted by atomic mass is 79.9. The average Bonchev–Trinajstić information content (AvgIpc) is 3.14. The lowest BCUT2D eigenvalue weighted by Gasteiger charge is -2.26. The molecule has 2 amide bonds. The molecular formula is C24H19Br2ClN2O3S. The third kappa shape index (κ3) is 5.74. The summed E-state index contributed by atoms with van der Waals surface area (Å²) < 4.78 is 7.50. The van der Waals surface area contributed by atoms with E-state index in [0.717, 1.165) is 21.3 Å². The minimum absolute atomic E-state index is 0.00781. The predicted molar refractivity (Wildman–Crippen MR) is 141 cm³/mol. The van der Waals surface area contributed by atoms with E-state index in [1.165, 1.54) is 11.8 Å². The van der Waals surface area contributed by atoms with Crippen molar-refractivity contribution in [3.8, 4) is 5.75 Å². The summed E-state index contributed by atoms with van der Waals surface area (Å²) in [6, 6.07) is 18.5. The molecule has 1 fully saturated rings. The predicted octanol–water partition coefficient (Wildman–Crippen LogP) is 6.97. The first-order valence-corrected chi connectivity index (χ1v) is 13.0. The number of nitrogens with one attached hydrogen (secondary N) is 1. The number of rotatable bonds is 6. The van der Waals surface area contributed by atoms with Crippen molar-refractivity contribution >= 4 is 78.4 Å². The average molecular weight is 611 g/mol. The van der Waals surface area contributed by atoms with Gasteiger partial charge in [0.1, 0.15) is 11.1 Å². The molecule has 1 atom stereocenters. The quantitative estimate of drug-likeness (QED) is 0.328. The largest absolute Gasteiger partial charge is 0.482 e. The number of hydrogen-bond acceptors (Lipinski definition) is 4. The second kappa shape index (κ2) is 10.5. The number of aryl methyl sites for hydroxylation is 1. The number of ether oxygens (including phenoxy) is 1. The number of anilines is 2. The third-order valence-electron chi connectivity index (χ3n) is 4.93. The van der Waals surface area contributed by atoms with Crippen LogP contribution in [0, 0.1) is 6.92 Å². The van der Waals surface area contributed by atoms with E-state index >= 15 is 0 Å². The molecule has 1 heterocycles. The Morgan fingerprint density at radius 1 is 1.18 bits per heavy atom. The minimum Gasteiger partial charge on any atom is -0.482 e. The monoisotopic (exact) mass is 608 g/mol. The summed E-state index contributed by atoms with van der Waals surface area (Å²) in [5.74, 6) is 0.575. The van der Waals surface area contributed by atoms with E-state index < -0.39 is 0 Å². The van der Waals surface area contributed by atoms with Crippen molar-refractivity contribution in [3.63, 3.8) is 0 Å². The second-order valence-electron chi connectivity index (χ2n) is 7.42. The molecule has 0 aliphatic carbocycles. The molecular weight excluding hydrogens is 592 g/mol. The van der Waals surface area contributed by atoms with E-state index in [4.69, 9.17) is 16.3 Å². The zero-order valence-corrected chi connectivity index (χ0v) is 22.2. The molecule has 1 saturated heterocycles. The molecule has 4 rings (SSSR count). The molecule has 3 aromatic carbocycles. The second-order valence-corrected chi connectivity index (χ2v) is 10.7. The summed E-state index contributed by atoms with van der Waals surface area (Å²) in [5, 5.41) is 3.13. The van der Waals surface area contributed by atoms with Crippen LogP contribution in [0.15, 0.2) is 69.6 Å².